The number of rotatable bonds is 11. The van der Waals surface area contributed by atoms with Crippen LogP contribution in [0.2, 0.25) is 15.1 Å². The molecule has 0 unspecified atom stereocenters. The predicted octanol–water partition coefficient (Wildman–Crippen LogP) is 3.24. The van der Waals surface area contributed by atoms with Gasteiger partial charge in [0, 0.05) is 32.3 Å². The van der Waals surface area contributed by atoms with Crippen LogP contribution in [0.3, 0.4) is 0 Å². The second-order valence-corrected chi connectivity index (χ2v) is 6.18. The maximum absolute atomic E-state index is 6.06. The molecule has 0 aromatic heterocycles. The molecule has 0 fully saturated rings. The normalized spacial score (nSPS) is 11.5. The van der Waals surface area contributed by atoms with Gasteiger partial charge < -0.3 is 24.8 Å². The number of aliphatic imine (C=N–C) groups is 1. The van der Waals surface area contributed by atoms with Gasteiger partial charge in [0.05, 0.1) is 29.8 Å². The van der Waals surface area contributed by atoms with Crippen molar-refractivity contribution in [2.24, 2.45) is 4.99 Å². The van der Waals surface area contributed by atoms with Crippen molar-refractivity contribution in [2.75, 3.05) is 53.7 Å². The van der Waals surface area contributed by atoms with Gasteiger partial charge in [0.25, 0.3) is 0 Å². The van der Waals surface area contributed by atoms with Crippen molar-refractivity contribution in [1.29, 1.82) is 0 Å². The molecule has 1 aromatic rings. The first kappa shape index (κ1) is 22.1. The molecule has 1 aromatic carbocycles. The van der Waals surface area contributed by atoms with Crippen LogP contribution in [-0.2, 0) is 9.47 Å². The molecule has 0 saturated heterocycles. The third-order valence-corrected chi connectivity index (χ3v) is 3.80. The Kier molecular flexibility index (Phi) is 11.8. The lowest BCUT2D eigenvalue weighted by Gasteiger charge is -2.14. The lowest BCUT2D eigenvalue weighted by atomic mass is 10.3. The molecule has 1 rings (SSSR count). The Hall–Kier alpha value is -0.920. The van der Waals surface area contributed by atoms with Crippen molar-refractivity contribution in [2.45, 2.75) is 6.42 Å². The van der Waals surface area contributed by atoms with Gasteiger partial charge in [-0.05, 0) is 18.6 Å². The highest BCUT2D eigenvalue weighted by Crippen LogP contribution is 2.35. The van der Waals surface area contributed by atoms with Crippen molar-refractivity contribution in [3.8, 4) is 5.75 Å². The molecule has 0 spiro atoms. The van der Waals surface area contributed by atoms with Crippen molar-refractivity contribution in [3.63, 3.8) is 0 Å². The van der Waals surface area contributed by atoms with Crippen LogP contribution in [-0.4, -0.2) is 59.6 Å². The van der Waals surface area contributed by atoms with Gasteiger partial charge in [0.15, 0.2) is 11.7 Å². The Labute approximate surface area is 163 Å². The molecule has 0 atom stereocenters. The van der Waals surface area contributed by atoms with Crippen LogP contribution < -0.4 is 15.4 Å². The van der Waals surface area contributed by atoms with Gasteiger partial charge in [-0.15, -0.1) is 0 Å². The van der Waals surface area contributed by atoms with Gasteiger partial charge >= 0.3 is 0 Å². The zero-order chi connectivity index (χ0) is 18.5. The third kappa shape index (κ3) is 9.37. The van der Waals surface area contributed by atoms with Crippen molar-refractivity contribution in [1.82, 2.24) is 10.6 Å². The number of nitrogens with zero attached hydrogens (tertiary/aromatic N) is 1. The number of hydrogen-bond donors (Lipinski definition) is 2. The van der Waals surface area contributed by atoms with Gasteiger partial charge in [0.1, 0.15) is 6.61 Å². The van der Waals surface area contributed by atoms with Crippen LogP contribution in [0.25, 0.3) is 0 Å². The largest absolute Gasteiger partial charge is 0.489 e. The molecular formula is C16H24Cl3N3O3. The van der Waals surface area contributed by atoms with Gasteiger partial charge in [-0.3, -0.25) is 4.99 Å². The molecule has 0 aliphatic carbocycles. The summed E-state index contributed by atoms with van der Waals surface area (Å²) in [7, 11) is 3.36. The van der Waals surface area contributed by atoms with Gasteiger partial charge in [-0.2, -0.15) is 0 Å². The lowest BCUT2D eigenvalue weighted by molar-refractivity contribution is 0.0698. The average Bonchev–Trinajstić information content (AvgIpc) is 2.57. The highest BCUT2D eigenvalue weighted by Gasteiger charge is 2.09. The summed E-state index contributed by atoms with van der Waals surface area (Å²) in [5.74, 6) is 1.11. The number of hydrogen-bond acceptors (Lipinski definition) is 4. The second-order valence-electron chi connectivity index (χ2n) is 4.93. The Morgan fingerprint density at radius 1 is 1.00 bits per heavy atom. The quantitative estimate of drug-likeness (QED) is 0.332. The maximum atomic E-state index is 6.06. The standard InChI is InChI=1S/C16H24Cl3N3O3/c1-20-16(21-4-3-6-24-9-8-23-2)22-5-7-25-15-13(18)10-12(17)11-14(15)19/h10-11H,3-9H2,1-2H3,(H2,20,21,22). The van der Waals surface area contributed by atoms with E-state index in [-0.39, 0.29) is 0 Å². The summed E-state index contributed by atoms with van der Waals surface area (Å²) in [6, 6.07) is 3.18. The lowest BCUT2D eigenvalue weighted by Crippen LogP contribution is -2.39. The van der Waals surface area contributed by atoms with E-state index in [0.717, 1.165) is 13.0 Å². The fourth-order valence-corrected chi connectivity index (χ4v) is 2.76. The molecule has 0 aliphatic heterocycles. The molecule has 6 nitrogen and oxygen atoms in total. The van der Waals surface area contributed by atoms with E-state index < -0.39 is 0 Å². The van der Waals surface area contributed by atoms with Crippen LogP contribution in [0.15, 0.2) is 17.1 Å². The number of ether oxygens (including phenoxy) is 3. The van der Waals surface area contributed by atoms with Crippen LogP contribution in [0, 0.1) is 0 Å². The molecule has 0 bridgehead atoms. The van der Waals surface area contributed by atoms with Crippen LogP contribution >= 0.6 is 34.8 Å². The molecule has 142 valence electrons. The summed E-state index contributed by atoms with van der Waals surface area (Å²) >= 11 is 18.0. The first-order valence-electron chi connectivity index (χ1n) is 7.87. The minimum atomic E-state index is 0.377. The molecule has 0 amide bonds. The van der Waals surface area contributed by atoms with Crippen LogP contribution in [0.1, 0.15) is 6.42 Å². The molecule has 0 heterocycles. The van der Waals surface area contributed by atoms with Crippen molar-refractivity contribution < 1.29 is 14.2 Å². The first-order chi connectivity index (χ1) is 12.1. The summed E-state index contributed by atoms with van der Waals surface area (Å²) in [4.78, 5) is 4.14. The van der Waals surface area contributed by atoms with Crippen LogP contribution in [0.4, 0.5) is 0 Å². The number of benzene rings is 1. The number of halogens is 3. The molecule has 2 N–H and O–H groups in total. The molecule has 0 radical (unpaired) electrons. The maximum Gasteiger partial charge on any atom is 0.191 e. The van der Waals surface area contributed by atoms with E-state index in [1.807, 2.05) is 0 Å². The third-order valence-electron chi connectivity index (χ3n) is 3.02. The molecular weight excluding hydrogens is 389 g/mol. The highest BCUT2D eigenvalue weighted by atomic mass is 35.5. The monoisotopic (exact) mass is 411 g/mol. The molecule has 9 heteroatoms. The smallest absolute Gasteiger partial charge is 0.191 e. The van der Waals surface area contributed by atoms with Crippen molar-refractivity contribution in [3.05, 3.63) is 27.2 Å². The minimum absolute atomic E-state index is 0.377. The Morgan fingerprint density at radius 3 is 2.32 bits per heavy atom. The number of nitrogens with one attached hydrogen (secondary N) is 2. The number of methoxy groups -OCH3 is 1. The predicted molar refractivity (Wildman–Crippen MR) is 104 cm³/mol. The fraction of sp³-hybridized carbons (Fsp3) is 0.562. The van der Waals surface area contributed by atoms with E-state index >= 15 is 0 Å². The fourth-order valence-electron chi connectivity index (χ4n) is 1.84. The Balaban J connectivity index is 2.19. The van der Waals surface area contributed by atoms with Gasteiger partial charge in [-0.25, -0.2) is 0 Å². The second kappa shape index (κ2) is 13.3. The summed E-state index contributed by atoms with van der Waals surface area (Å²) in [6.45, 7) is 3.56. The topological polar surface area (TPSA) is 64.1 Å². The number of guanidine groups is 1. The Bertz CT molecular complexity index is 522. The summed E-state index contributed by atoms with van der Waals surface area (Å²) in [5, 5.41) is 7.57. The SMILES string of the molecule is CN=C(NCCCOCCOC)NCCOc1c(Cl)cc(Cl)cc1Cl. The van der Waals surface area contributed by atoms with Crippen LogP contribution in [0.5, 0.6) is 5.75 Å². The van der Waals surface area contributed by atoms with E-state index in [2.05, 4.69) is 15.6 Å². The summed E-state index contributed by atoms with van der Waals surface area (Å²) < 4.78 is 15.9. The molecule has 25 heavy (non-hydrogen) atoms. The van der Waals surface area contributed by atoms with E-state index in [1.165, 1.54) is 0 Å². The highest BCUT2D eigenvalue weighted by molar-refractivity contribution is 6.40. The van der Waals surface area contributed by atoms with Gasteiger partial charge in [-0.1, -0.05) is 34.8 Å². The molecule has 0 aliphatic rings. The molecule has 0 saturated carbocycles. The summed E-state index contributed by atoms with van der Waals surface area (Å²) in [5.41, 5.74) is 0. The summed E-state index contributed by atoms with van der Waals surface area (Å²) in [6.07, 6.45) is 0.872. The first-order valence-corrected chi connectivity index (χ1v) is 9.00. The van der Waals surface area contributed by atoms with E-state index in [0.29, 0.717) is 59.7 Å². The van der Waals surface area contributed by atoms with E-state index in [4.69, 9.17) is 49.0 Å². The minimum Gasteiger partial charge on any atom is -0.489 e. The van der Waals surface area contributed by atoms with E-state index in [1.54, 1.807) is 26.3 Å². The zero-order valence-electron chi connectivity index (χ0n) is 14.4. The Morgan fingerprint density at radius 2 is 1.68 bits per heavy atom. The van der Waals surface area contributed by atoms with Crippen molar-refractivity contribution >= 4 is 40.8 Å². The zero-order valence-corrected chi connectivity index (χ0v) is 16.7. The van der Waals surface area contributed by atoms with Gasteiger partial charge in [0.2, 0.25) is 0 Å². The average molecular weight is 413 g/mol. The van der Waals surface area contributed by atoms with E-state index in [9.17, 15) is 0 Å².